The average Bonchev–Trinajstić information content (AvgIpc) is 3.33. The van der Waals surface area contributed by atoms with Crippen LogP contribution in [0.3, 0.4) is 0 Å². The van der Waals surface area contributed by atoms with Gasteiger partial charge in [0.2, 0.25) is 11.0 Å². The first kappa shape index (κ1) is 15.6. The summed E-state index contributed by atoms with van der Waals surface area (Å²) in [6.07, 6.45) is 0. The van der Waals surface area contributed by atoms with Crippen LogP contribution in [0.25, 0.3) is 22.8 Å². The van der Waals surface area contributed by atoms with E-state index in [1.165, 1.54) is 11.8 Å². The molecule has 7 nitrogen and oxygen atoms in total. The molecule has 0 saturated carbocycles. The van der Waals surface area contributed by atoms with Crippen LogP contribution in [0.4, 0.5) is 0 Å². The Morgan fingerprint density at radius 1 is 1.08 bits per heavy atom. The maximum atomic E-state index is 5.71. The molecule has 126 valence electrons. The third kappa shape index (κ3) is 3.34. The van der Waals surface area contributed by atoms with Gasteiger partial charge in [-0.2, -0.15) is 0 Å². The Morgan fingerprint density at radius 3 is 2.68 bits per heavy atom. The summed E-state index contributed by atoms with van der Waals surface area (Å²) in [6, 6.07) is 11.7. The van der Waals surface area contributed by atoms with Crippen molar-refractivity contribution < 1.29 is 8.83 Å². The molecule has 0 saturated heterocycles. The number of rotatable bonds is 5. The Kier molecular flexibility index (Phi) is 4.10. The summed E-state index contributed by atoms with van der Waals surface area (Å²) in [5, 5.41) is 15.9. The molecule has 8 heteroatoms. The summed E-state index contributed by atoms with van der Waals surface area (Å²) in [5.41, 5.74) is 1.82. The number of hydrogen-bond donors (Lipinski definition) is 1. The second-order valence-corrected chi connectivity index (χ2v) is 6.39. The quantitative estimate of drug-likeness (QED) is 0.541. The van der Waals surface area contributed by atoms with Gasteiger partial charge in [-0.15, -0.1) is 15.3 Å². The van der Waals surface area contributed by atoms with Crippen molar-refractivity contribution in [2.45, 2.75) is 24.8 Å². The SMILES string of the molecule is Cc1cc(-c2nnc(CSc3n[nH]c(-c4ccccc4)n3)o2)c(C)o1. The largest absolute Gasteiger partial charge is 0.466 e. The second-order valence-electron chi connectivity index (χ2n) is 5.45. The van der Waals surface area contributed by atoms with E-state index >= 15 is 0 Å². The molecule has 4 rings (SSSR count). The lowest BCUT2D eigenvalue weighted by atomic mass is 10.2. The molecule has 0 spiro atoms. The first-order valence-corrected chi connectivity index (χ1v) is 8.68. The minimum Gasteiger partial charge on any atom is -0.466 e. The van der Waals surface area contributed by atoms with Gasteiger partial charge >= 0.3 is 0 Å². The number of H-pyrrole nitrogens is 1. The maximum absolute atomic E-state index is 5.71. The highest BCUT2D eigenvalue weighted by Crippen LogP contribution is 2.27. The number of nitrogens with one attached hydrogen (secondary N) is 1. The fraction of sp³-hybridized carbons (Fsp3) is 0.176. The van der Waals surface area contributed by atoms with E-state index in [0.717, 1.165) is 28.5 Å². The Morgan fingerprint density at radius 2 is 1.92 bits per heavy atom. The Labute approximate surface area is 147 Å². The Hall–Kier alpha value is -2.87. The second kappa shape index (κ2) is 6.56. The third-order valence-corrected chi connectivity index (χ3v) is 4.41. The van der Waals surface area contributed by atoms with Crippen molar-refractivity contribution in [2.24, 2.45) is 0 Å². The van der Waals surface area contributed by atoms with Crippen LogP contribution in [0.2, 0.25) is 0 Å². The van der Waals surface area contributed by atoms with Crippen LogP contribution in [-0.2, 0) is 5.75 Å². The average molecular weight is 353 g/mol. The monoisotopic (exact) mass is 353 g/mol. The normalized spacial score (nSPS) is 11.1. The van der Waals surface area contributed by atoms with E-state index in [2.05, 4.69) is 25.4 Å². The number of benzene rings is 1. The zero-order valence-electron chi connectivity index (χ0n) is 13.7. The van der Waals surface area contributed by atoms with Crippen LogP contribution in [-0.4, -0.2) is 25.4 Å². The fourth-order valence-corrected chi connectivity index (χ4v) is 3.06. The molecule has 0 aliphatic rings. The predicted octanol–water partition coefficient (Wildman–Crippen LogP) is 4.02. The van der Waals surface area contributed by atoms with Crippen molar-refractivity contribution >= 4 is 11.8 Å². The van der Waals surface area contributed by atoms with Gasteiger partial charge in [-0.05, 0) is 19.9 Å². The van der Waals surface area contributed by atoms with Crippen LogP contribution in [0.5, 0.6) is 0 Å². The first-order valence-electron chi connectivity index (χ1n) is 7.69. The standard InChI is InChI=1S/C17H15N5O2S/c1-10-8-13(11(2)23-10)16-21-19-14(24-16)9-25-17-18-15(20-22-17)12-6-4-3-5-7-12/h3-8H,9H2,1-2H3,(H,18,20,22). The van der Waals surface area contributed by atoms with Crippen molar-refractivity contribution in [1.82, 2.24) is 25.4 Å². The van der Waals surface area contributed by atoms with Gasteiger partial charge in [-0.25, -0.2) is 4.98 Å². The first-order chi connectivity index (χ1) is 12.2. The van der Waals surface area contributed by atoms with Gasteiger partial charge in [0.25, 0.3) is 5.89 Å². The smallest absolute Gasteiger partial charge is 0.251 e. The minimum absolute atomic E-state index is 0.463. The highest BCUT2D eigenvalue weighted by atomic mass is 32.2. The summed E-state index contributed by atoms with van der Waals surface area (Å²) in [6.45, 7) is 3.76. The molecule has 3 aromatic heterocycles. The molecular formula is C17H15N5O2S. The van der Waals surface area contributed by atoms with Crippen molar-refractivity contribution in [3.8, 4) is 22.8 Å². The van der Waals surface area contributed by atoms with E-state index in [1.54, 1.807) is 0 Å². The number of furan rings is 1. The molecule has 0 atom stereocenters. The number of thioether (sulfide) groups is 1. The molecule has 4 aromatic rings. The van der Waals surface area contributed by atoms with Gasteiger partial charge in [0, 0.05) is 5.56 Å². The van der Waals surface area contributed by atoms with Gasteiger partial charge in [0.1, 0.15) is 11.5 Å². The third-order valence-electron chi connectivity index (χ3n) is 3.58. The molecule has 1 aromatic carbocycles. The lowest BCUT2D eigenvalue weighted by Crippen LogP contribution is -1.82. The van der Waals surface area contributed by atoms with Crippen molar-refractivity contribution in [2.75, 3.05) is 0 Å². The summed E-state index contributed by atoms with van der Waals surface area (Å²) in [7, 11) is 0. The van der Waals surface area contributed by atoms with Crippen molar-refractivity contribution in [3.63, 3.8) is 0 Å². The number of nitrogens with zero attached hydrogens (tertiary/aromatic N) is 4. The topological polar surface area (TPSA) is 93.6 Å². The summed E-state index contributed by atoms with van der Waals surface area (Å²) in [5.74, 6) is 3.79. The van der Waals surface area contributed by atoms with Gasteiger partial charge in [-0.1, -0.05) is 42.1 Å². The van der Waals surface area contributed by atoms with Gasteiger partial charge in [-0.3, -0.25) is 5.10 Å². The zero-order chi connectivity index (χ0) is 17.2. The molecule has 0 aliphatic carbocycles. The number of aryl methyl sites for hydroxylation is 2. The van der Waals surface area contributed by atoms with Crippen LogP contribution >= 0.6 is 11.8 Å². The molecule has 3 heterocycles. The van der Waals surface area contributed by atoms with Crippen LogP contribution in [0.1, 0.15) is 17.4 Å². The van der Waals surface area contributed by atoms with Crippen molar-refractivity contribution in [1.29, 1.82) is 0 Å². The lowest BCUT2D eigenvalue weighted by molar-refractivity contribution is 0.499. The molecule has 25 heavy (non-hydrogen) atoms. The summed E-state index contributed by atoms with van der Waals surface area (Å²) < 4.78 is 11.2. The lowest BCUT2D eigenvalue weighted by Gasteiger charge is -1.93. The molecule has 0 aliphatic heterocycles. The molecule has 0 bridgehead atoms. The number of aromatic amines is 1. The van der Waals surface area contributed by atoms with Crippen molar-refractivity contribution in [3.05, 3.63) is 53.8 Å². The summed E-state index contributed by atoms with van der Waals surface area (Å²) >= 11 is 1.43. The van der Waals surface area contributed by atoms with Crippen LogP contribution < -0.4 is 0 Å². The van der Waals surface area contributed by atoms with E-state index in [1.807, 2.05) is 50.2 Å². The summed E-state index contributed by atoms with van der Waals surface area (Å²) in [4.78, 5) is 4.47. The highest BCUT2D eigenvalue weighted by molar-refractivity contribution is 7.98. The minimum atomic E-state index is 0.463. The van der Waals surface area contributed by atoms with Crippen LogP contribution in [0.15, 0.2) is 50.4 Å². The Bertz CT molecular complexity index is 990. The van der Waals surface area contributed by atoms with E-state index in [4.69, 9.17) is 8.83 Å². The Balaban J connectivity index is 1.44. The highest BCUT2D eigenvalue weighted by Gasteiger charge is 2.15. The predicted molar refractivity (Wildman–Crippen MR) is 92.9 cm³/mol. The van der Waals surface area contributed by atoms with Crippen LogP contribution in [0, 0.1) is 13.8 Å². The van der Waals surface area contributed by atoms with E-state index in [9.17, 15) is 0 Å². The maximum Gasteiger partial charge on any atom is 0.251 e. The van der Waals surface area contributed by atoms with Gasteiger partial charge in [0.05, 0.1) is 11.3 Å². The molecule has 0 fully saturated rings. The van der Waals surface area contributed by atoms with E-state index < -0.39 is 0 Å². The molecule has 0 radical (unpaired) electrons. The molecular weight excluding hydrogens is 338 g/mol. The molecule has 1 N–H and O–H groups in total. The van der Waals surface area contributed by atoms with Gasteiger partial charge < -0.3 is 8.83 Å². The van der Waals surface area contributed by atoms with Gasteiger partial charge in [0.15, 0.2) is 5.82 Å². The fourth-order valence-electron chi connectivity index (χ4n) is 2.43. The number of hydrogen-bond acceptors (Lipinski definition) is 7. The molecule has 0 unspecified atom stereocenters. The zero-order valence-corrected chi connectivity index (χ0v) is 14.5. The van der Waals surface area contributed by atoms with E-state index in [-0.39, 0.29) is 0 Å². The molecule has 0 amide bonds. The number of aromatic nitrogens is 5. The van der Waals surface area contributed by atoms with E-state index in [0.29, 0.717) is 22.7 Å².